The first-order chi connectivity index (χ1) is 15.1. The van der Waals surface area contributed by atoms with Crippen LogP contribution in [0.3, 0.4) is 0 Å². The Balaban J connectivity index is 2.80. The molecule has 0 bridgehead atoms. The van der Waals surface area contributed by atoms with Crippen LogP contribution in [0.1, 0.15) is 38.2 Å². The molecule has 0 radical (unpaired) electrons. The summed E-state index contributed by atoms with van der Waals surface area (Å²) in [7, 11) is 0. The van der Waals surface area contributed by atoms with Crippen molar-refractivity contribution in [2.75, 3.05) is 13.1 Å². The average Bonchev–Trinajstić information content (AvgIpc) is 2.74. The van der Waals surface area contributed by atoms with Crippen LogP contribution in [0.25, 0.3) is 0 Å². The highest BCUT2D eigenvalue weighted by molar-refractivity contribution is 6.32. The van der Waals surface area contributed by atoms with Crippen molar-refractivity contribution < 1.29 is 44.0 Å². The molecule has 1 amide bonds. The van der Waals surface area contributed by atoms with Crippen LogP contribution < -0.4 is 15.4 Å². The predicted molar refractivity (Wildman–Crippen MR) is 111 cm³/mol. The van der Waals surface area contributed by atoms with Gasteiger partial charge in [0.15, 0.2) is 0 Å². The first kappa shape index (κ1) is 26.6. The number of carbonyl (C=O) groups excluding carboxylic acids is 2. The summed E-state index contributed by atoms with van der Waals surface area (Å²) in [6, 6.07) is 5.14. The topological polar surface area (TPSA) is 179 Å². The molecule has 5 N–H and O–H groups in total. The van der Waals surface area contributed by atoms with Crippen LogP contribution in [0.4, 0.5) is 0 Å². The largest absolute Gasteiger partial charge is 0.478 e. The van der Waals surface area contributed by atoms with E-state index >= 15 is 0 Å². The highest BCUT2D eigenvalue weighted by atomic mass is 16.5. The number of benzene rings is 1. The minimum absolute atomic E-state index is 0.00171. The Morgan fingerprint density at radius 1 is 0.938 bits per heavy atom. The monoisotopic (exact) mass is 452 g/mol. The first-order valence-electron chi connectivity index (χ1n) is 10.1. The second kappa shape index (κ2) is 13.8. The third kappa shape index (κ3) is 9.56. The minimum atomic E-state index is -2.05. The summed E-state index contributed by atoms with van der Waals surface area (Å²) >= 11 is 0. The zero-order chi connectivity index (χ0) is 24.1. The van der Waals surface area contributed by atoms with Crippen LogP contribution >= 0.6 is 0 Å². The van der Waals surface area contributed by atoms with Crippen molar-refractivity contribution in [3.05, 3.63) is 29.8 Å². The lowest BCUT2D eigenvalue weighted by molar-refractivity contribution is -0.159. The third-order valence-electron chi connectivity index (χ3n) is 4.44. The van der Waals surface area contributed by atoms with Gasteiger partial charge in [-0.1, -0.05) is 31.9 Å². The molecule has 0 saturated carbocycles. The minimum Gasteiger partial charge on any atom is -0.478 e. The molecule has 11 nitrogen and oxygen atoms in total. The van der Waals surface area contributed by atoms with Gasteiger partial charge < -0.3 is 30.7 Å². The molecular weight excluding hydrogens is 424 g/mol. The fourth-order valence-electron chi connectivity index (χ4n) is 2.72. The molecule has 176 valence electrons. The SMILES string of the molecule is CCCCCNC(=O)C(Cc1ccc(OC(C(=O)O)C(=O)O)cc1)NCCC(=O)C(=O)O. The Labute approximate surface area is 184 Å². The van der Waals surface area contributed by atoms with Crippen molar-refractivity contribution >= 4 is 29.6 Å². The van der Waals surface area contributed by atoms with Crippen molar-refractivity contribution in [3.8, 4) is 5.75 Å². The van der Waals surface area contributed by atoms with Gasteiger partial charge >= 0.3 is 17.9 Å². The van der Waals surface area contributed by atoms with E-state index in [0.717, 1.165) is 19.3 Å². The molecule has 0 spiro atoms. The molecule has 1 unspecified atom stereocenters. The number of Topliss-reactive ketones (excluding diaryl/α,β-unsaturated/α-hetero) is 1. The van der Waals surface area contributed by atoms with E-state index in [1.165, 1.54) is 12.1 Å². The normalized spacial score (nSPS) is 11.6. The van der Waals surface area contributed by atoms with Crippen LogP contribution in [-0.2, 0) is 30.4 Å². The number of ether oxygens (including phenoxy) is 1. The van der Waals surface area contributed by atoms with Gasteiger partial charge in [0.2, 0.25) is 11.7 Å². The van der Waals surface area contributed by atoms with Gasteiger partial charge in [-0.25, -0.2) is 14.4 Å². The van der Waals surface area contributed by atoms with E-state index in [-0.39, 0.29) is 31.0 Å². The maximum Gasteiger partial charge on any atom is 0.372 e. The number of aliphatic carboxylic acids is 3. The number of unbranched alkanes of at least 4 members (excludes halogenated alkanes) is 2. The lowest BCUT2D eigenvalue weighted by Crippen LogP contribution is -2.46. The molecule has 32 heavy (non-hydrogen) atoms. The summed E-state index contributed by atoms with van der Waals surface area (Å²) in [5, 5.41) is 32.1. The van der Waals surface area contributed by atoms with Gasteiger partial charge in [0.25, 0.3) is 6.10 Å². The van der Waals surface area contributed by atoms with Crippen molar-refractivity contribution in [2.45, 2.75) is 51.2 Å². The van der Waals surface area contributed by atoms with Crippen LogP contribution in [0.2, 0.25) is 0 Å². The molecule has 1 atom stereocenters. The van der Waals surface area contributed by atoms with Crippen LogP contribution in [-0.4, -0.2) is 70.2 Å². The second-order valence-corrected chi connectivity index (χ2v) is 7.01. The molecule has 0 heterocycles. The fraction of sp³-hybridized carbons (Fsp3) is 0.476. The highest BCUT2D eigenvalue weighted by Gasteiger charge is 2.28. The fourth-order valence-corrected chi connectivity index (χ4v) is 2.72. The Hall–Kier alpha value is -3.47. The molecule has 1 aromatic carbocycles. The van der Waals surface area contributed by atoms with E-state index in [4.69, 9.17) is 20.1 Å². The standard InChI is InChI=1S/C21H28N2O9/c1-2-3-4-10-23-18(25)15(22-11-9-16(24)19(26)27)12-13-5-7-14(8-6-13)32-17(20(28)29)21(30)31/h5-8,15,17,22H,2-4,9-12H2,1H3,(H,23,25)(H,26,27)(H,28,29)(H,30,31). The summed E-state index contributed by atoms with van der Waals surface area (Å²) in [5.74, 6) is -6.05. The smallest absolute Gasteiger partial charge is 0.372 e. The Morgan fingerprint density at radius 3 is 2.09 bits per heavy atom. The number of amides is 1. The maximum atomic E-state index is 12.6. The number of carboxylic acids is 3. The predicted octanol–water partition coefficient (Wildman–Crippen LogP) is 0.454. The molecular formula is C21H28N2O9. The number of hydrogen-bond acceptors (Lipinski definition) is 7. The zero-order valence-electron chi connectivity index (χ0n) is 17.7. The Kier molecular flexibility index (Phi) is 11.4. The van der Waals surface area contributed by atoms with E-state index in [2.05, 4.69) is 10.6 Å². The van der Waals surface area contributed by atoms with E-state index in [9.17, 15) is 24.0 Å². The molecule has 1 aromatic rings. The van der Waals surface area contributed by atoms with Crippen molar-refractivity contribution in [1.29, 1.82) is 0 Å². The third-order valence-corrected chi connectivity index (χ3v) is 4.44. The first-order valence-corrected chi connectivity index (χ1v) is 10.1. The molecule has 0 saturated heterocycles. The van der Waals surface area contributed by atoms with E-state index in [1.54, 1.807) is 12.1 Å². The molecule has 1 rings (SSSR count). The highest BCUT2D eigenvalue weighted by Crippen LogP contribution is 2.16. The van der Waals surface area contributed by atoms with Gasteiger partial charge in [0.1, 0.15) is 5.75 Å². The summed E-state index contributed by atoms with van der Waals surface area (Å²) < 4.78 is 4.95. The van der Waals surface area contributed by atoms with E-state index in [0.29, 0.717) is 12.1 Å². The lowest BCUT2D eigenvalue weighted by atomic mass is 10.0. The van der Waals surface area contributed by atoms with E-state index < -0.39 is 35.8 Å². The Morgan fingerprint density at radius 2 is 1.56 bits per heavy atom. The van der Waals surface area contributed by atoms with Crippen LogP contribution in [0, 0.1) is 0 Å². The maximum absolute atomic E-state index is 12.6. The lowest BCUT2D eigenvalue weighted by Gasteiger charge is -2.19. The van der Waals surface area contributed by atoms with Gasteiger partial charge in [-0.3, -0.25) is 9.59 Å². The van der Waals surface area contributed by atoms with Crippen molar-refractivity contribution in [3.63, 3.8) is 0 Å². The van der Waals surface area contributed by atoms with Gasteiger partial charge in [-0.05, 0) is 30.5 Å². The number of rotatable bonds is 16. The number of nitrogens with one attached hydrogen (secondary N) is 2. The zero-order valence-corrected chi connectivity index (χ0v) is 17.7. The number of hydrogen-bond donors (Lipinski definition) is 5. The number of ketones is 1. The van der Waals surface area contributed by atoms with Crippen molar-refractivity contribution in [1.82, 2.24) is 10.6 Å². The van der Waals surface area contributed by atoms with Crippen LogP contribution in [0.5, 0.6) is 5.75 Å². The van der Waals surface area contributed by atoms with Gasteiger partial charge in [0, 0.05) is 19.5 Å². The number of carboxylic acid groups (broad SMARTS) is 3. The Bertz CT molecular complexity index is 794. The molecule has 0 aliphatic carbocycles. The second-order valence-electron chi connectivity index (χ2n) is 7.01. The number of carbonyl (C=O) groups is 5. The van der Waals surface area contributed by atoms with Gasteiger partial charge in [0.05, 0.1) is 6.04 Å². The summed E-state index contributed by atoms with van der Waals surface area (Å²) in [5.41, 5.74) is 0.658. The van der Waals surface area contributed by atoms with Crippen LogP contribution in [0.15, 0.2) is 24.3 Å². The molecule has 0 fully saturated rings. The average molecular weight is 452 g/mol. The summed E-state index contributed by atoms with van der Waals surface area (Å²) in [4.78, 5) is 56.3. The van der Waals surface area contributed by atoms with Crippen molar-refractivity contribution in [2.24, 2.45) is 0 Å². The molecule has 0 aliphatic rings. The summed E-state index contributed by atoms with van der Waals surface area (Å²) in [6.07, 6.45) is 0.646. The van der Waals surface area contributed by atoms with Gasteiger partial charge in [-0.15, -0.1) is 0 Å². The molecule has 0 aliphatic heterocycles. The molecule has 11 heteroatoms. The van der Waals surface area contributed by atoms with Gasteiger partial charge in [-0.2, -0.15) is 0 Å². The molecule has 0 aromatic heterocycles. The summed E-state index contributed by atoms with van der Waals surface area (Å²) in [6.45, 7) is 2.52. The van der Waals surface area contributed by atoms with E-state index in [1.807, 2.05) is 6.92 Å². The quantitative estimate of drug-likeness (QED) is 0.134.